The first kappa shape index (κ1) is 12.4. The minimum atomic E-state index is -0.822. The third-order valence-electron chi connectivity index (χ3n) is 4.63. The lowest BCUT2D eigenvalue weighted by molar-refractivity contribution is -0.133. The highest BCUT2D eigenvalue weighted by atomic mass is 16.4. The second-order valence-electron chi connectivity index (χ2n) is 5.70. The van der Waals surface area contributed by atoms with Crippen molar-refractivity contribution in [3.8, 4) is 0 Å². The lowest BCUT2D eigenvalue weighted by Gasteiger charge is -2.18. The molecule has 0 fully saturated rings. The lowest BCUT2D eigenvalue weighted by Crippen LogP contribution is -2.13. The van der Waals surface area contributed by atoms with E-state index < -0.39 is 5.97 Å². The summed E-state index contributed by atoms with van der Waals surface area (Å²) in [6.45, 7) is 8.33. The quantitative estimate of drug-likeness (QED) is 0.583. The summed E-state index contributed by atoms with van der Waals surface area (Å²) in [7, 11) is 0. The van der Waals surface area contributed by atoms with Gasteiger partial charge in [-0.05, 0) is 49.9 Å². The van der Waals surface area contributed by atoms with E-state index in [1.807, 2.05) is 0 Å². The molecule has 0 spiro atoms. The lowest BCUT2D eigenvalue weighted by atomic mass is 9.87. The molecule has 0 bridgehead atoms. The zero-order valence-electron chi connectivity index (χ0n) is 10.8. The van der Waals surface area contributed by atoms with Crippen molar-refractivity contribution in [2.75, 3.05) is 0 Å². The molecule has 0 amide bonds. The van der Waals surface area contributed by atoms with Crippen molar-refractivity contribution in [3.63, 3.8) is 0 Å². The van der Waals surface area contributed by atoms with Gasteiger partial charge in [-0.1, -0.05) is 31.6 Å². The minimum absolute atomic E-state index is 0.156. The zero-order valence-corrected chi connectivity index (χ0v) is 10.8. The summed E-state index contributed by atoms with van der Waals surface area (Å²) in [5.41, 5.74) is 3.57. The van der Waals surface area contributed by atoms with Gasteiger partial charge in [0.1, 0.15) is 0 Å². The number of carboxylic acids is 1. The Morgan fingerprint density at radius 1 is 1.18 bits per heavy atom. The SMILES string of the molecule is C=C(C(=O)O)C1CCC(C)C2=C(C1)C(C)CC2. The van der Waals surface area contributed by atoms with E-state index in [0.29, 0.717) is 17.4 Å². The molecular formula is C15H22O2. The highest BCUT2D eigenvalue weighted by Gasteiger charge is 2.32. The van der Waals surface area contributed by atoms with Gasteiger partial charge in [0.15, 0.2) is 0 Å². The summed E-state index contributed by atoms with van der Waals surface area (Å²) in [6, 6.07) is 0. The van der Waals surface area contributed by atoms with E-state index in [0.717, 1.165) is 19.3 Å². The van der Waals surface area contributed by atoms with E-state index >= 15 is 0 Å². The first-order valence-corrected chi connectivity index (χ1v) is 6.64. The third-order valence-corrected chi connectivity index (χ3v) is 4.63. The first-order valence-electron chi connectivity index (χ1n) is 6.64. The maximum Gasteiger partial charge on any atom is 0.331 e. The molecule has 0 aromatic carbocycles. The number of aliphatic carboxylic acids is 1. The van der Waals surface area contributed by atoms with E-state index in [4.69, 9.17) is 5.11 Å². The standard InChI is InChI=1S/C15H22O2/c1-9-4-6-12(11(3)15(16)17)8-14-10(2)5-7-13(9)14/h9-10,12H,3-8H2,1-2H3,(H,16,17). The Labute approximate surface area is 103 Å². The molecule has 2 aliphatic rings. The van der Waals surface area contributed by atoms with Gasteiger partial charge < -0.3 is 5.11 Å². The van der Waals surface area contributed by atoms with E-state index in [1.165, 1.54) is 12.8 Å². The van der Waals surface area contributed by atoms with E-state index in [2.05, 4.69) is 20.4 Å². The molecule has 2 heteroatoms. The Morgan fingerprint density at radius 2 is 1.82 bits per heavy atom. The van der Waals surface area contributed by atoms with Crippen molar-refractivity contribution in [1.82, 2.24) is 0 Å². The molecule has 1 N–H and O–H groups in total. The van der Waals surface area contributed by atoms with Gasteiger partial charge in [-0.3, -0.25) is 0 Å². The maximum absolute atomic E-state index is 11.1. The van der Waals surface area contributed by atoms with Crippen molar-refractivity contribution in [3.05, 3.63) is 23.3 Å². The molecule has 0 radical (unpaired) electrons. The van der Waals surface area contributed by atoms with Crippen molar-refractivity contribution in [2.45, 2.75) is 46.0 Å². The number of hydrogen-bond donors (Lipinski definition) is 1. The predicted molar refractivity (Wildman–Crippen MR) is 68.7 cm³/mol. The highest BCUT2D eigenvalue weighted by molar-refractivity contribution is 5.86. The third kappa shape index (κ3) is 2.31. The monoisotopic (exact) mass is 234 g/mol. The van der Waals surface area contributed by atoms with Crippen LogP contribution in [0.5, 0.6) is 0 Å². The summed E-state index contributed by atoms with van der Waals surface area (Å²) in [5.74, 6) is 0.622. The molecule has 0 aromatic rings. The molecule has 17 heavy (non-hydrogen) atoms. The van der Waals surface area contributed by atoms with Crippen LogP contribution in [0.3, 0.4) is 0 Å². The number of carbonyl (C=O) groups is 1. The van der Waals surface area contributed by atoms with E-state index in [1.54, 1.807) is 11.1 Å². The molecule has 0 heterocycles. The highest BCUT2D eigenvalue weighted by Crippen LogP contribution is 2.45. The molecule has 2 nitrogen and oxygen atoms in total. The van der Waals surface area contributed by atoms with Gasteiger partial charge in [-0.2, -0.15) is 0 Å². The Kier molecular flexibility index (Phi) is 3.41. The summed E-state index contributed by atoms with van der Waals surface area (Å²) in [6.07, 6.45) is 5.51. The second kappa shape index (κ2) is 4.67. The number of hydrogen-bond acceptors (Lipinski definition) is 1. The van der Waals surface area contributed by atoms with Gasteiger partial charge in [0.05, 0.1) is 0 Å². The topological polar surface area (TPSA) is 37.3 Å². The van der Waals surface area contributed by atoms with Crippen molar-refractivity contribution >= 4 is 5.97 Å². The molecule has 94 valence electrons. The molecule has 0 aliphatic heterocycles. The maximum atomic E-state index is 11.1. The van der Waals surface area contributed by atoms with Gasteiger partial charge in [-0.15, -0.1) is 0 Å². The average Bonchev–Trinajstić information content (AvgIpc) is 2.55. The fourth-order valence-corrected chi connectivity index (χ4v) is 3.38. The van der Waals surface area contributed by atoms with Crippen LogP contribution in [0.1, 0.15) is 46.0 Å². The largest absolute Gasteiger partial charge is 0.478 e. The second-order valence-corrected chi connectivity index (χ2v) is 5.70. The van der Waals surface area contributed by atoms with E-state index in [9.17, 15) is 4.79 Å². The number of allylic oxidation sites excluding steroid dienone is 2. The summed E-state index contributed by atoms with van der Waals surface area (Å²) in [5, 5.41) is 9.08. The van der Waals surface area contributed by atoms with E-state index in [-0.39, 0.29) is 5.92 Å². The molecule has 3 atom stereocenters. The van der Waals surface area contributed by atoms with Gasteiger partial charge in [-0.25, -0.2) is 4.79 Å². The smallest absolute Gasteiger partial charge is 0.331 e. The zero-order chi connectivity index (χ0) is 12.6. The van der Waals surface area contributed by atoms with Crippen molar-refractivity contribution < 1.29 is 9.90 Å². The van der Waals surface area contributed by atoms with Crippen molar-refractivity contribution in [1.29, 1.82) is 0 Å². The normalized spacial score (nSPS) is 33.2. The Morgan fingerprint density at radius 3 is 2.47 bits per heavy atom. The molecule has 3 unspecified atom stereocenters. The first-order chi connectivity index (χ1) is 8.00. The van der Waals surface area contributed by atoms with Gasteiger partial charge >= 0.3 is 5.97 Å². The molecular weight excluding hydrogens is 212 g/mol. The molecule has 2 rings (SSSR count). The van der Waals surface area contributed by atoms with Crippen LogP contribution >= 0.6 is 0 Å². The summed E-state index contributed by atoms with van der Waals surface area (Å²) < 4.78 is 0. The average molecular weight is 234 g/mol. The molecule has 0 saturated carbocycles. The van der Waals surface area contributed by atoms with Crippen LogP contribution in [0, 0.1) is 17.8 Å². The number of carboxylic acid groups (broad SMARTS) is 1. The summed E-state index contributed by atoms with van der Waals surface area (Å²) >= 11 is 0. The van der Waals surface area contributed by atoms with Gasteiger partial charge in [0, 0.05) is 5.57 Å². The Bertz CT molecular complexity index is 378. The molecule has 2 aliphatic carbocycles. The van der Waals surface area contributed by atoms with Crippen LogP contribution in [0.4, 0.5) is 0 Å². The Hall–Kier alpha value is -1.05. The van der Waals surface area contributed by atoms with Crippen LogP contribution in [0.15, 0.2) is 23.3 Å². The van der Waals surface area contributed by atoms with Crippen molar-refractivity contribution in [2.24, 2.45) is 17.8 Å². The van der Waals surface area contributed by atoms with Gasteiger partial charge in [0.2, 0.25) is 0 Å². The summed E-state index contributed by atoms with van der Waals surface area (Å²) in [4.78, 5) is 11.1. The Balaban J connectivity index is 2.22. The van der Waals surface area contributed by atoms with Crippen LogP contribution in [-0.4, -0.2) is 11.1 Å². The minimum Gasteiger partial charge on any atom is -0.478 e. The van der Waals surface area contributed by atoms with Crippen LogP contribution in [0.25, 0.3) is 0 Å². The predicted octanol–water partition coefficient (Wildman–Crippen LogP) is 3.79. The molecule has 0 aromatic heterocycles. The fourth-order valence-electron chi connectivity index (χ4n) is 3.38. The van der Waals surface area contributed by atoms with Crippen LogP contribution in [0.2, 0.25) is 0 Å². The molecule has 0 saturated heterocycles. The van der Waals surface area contributed by atoms with Gasteiger partial charge in [0.25, 0.3) is 0 Å². The fraction of sp³-hybridized carbons (Fsp3) is 0.667. The van der Waals surface area contributed by atoms with Crippen LogP contribution in [-0.2, 0) is 4.79 Å². The van der Waals surface area contributed by atoms with Crippen LogP contribution < -0.4 is 0 Å². The number of rotatable bonds is 2.